The van der Waals surface area contributed by atoms with Crippen LogP contribution in [-0.4, -0.2) is 37.0 Å². The molecule has 0 fully saturated rings. The lowest BCUT2D eigenvalue weighted by atomic mass is 10.0. The van der Waals surface area contributed by atoms with Crippen LogP contribution in [-0.2, 0) is 0 Å². The van der Waals surface area contributed by atoms with Gasteiger partial charge in [0.15, 0.2) is 0 Å². The predicted molar refractivity (Wildman–Crippen MR) is 116 cm³/mol. The topological polar surface area (TPSA) is 115 Å². The number of amides is 2. The normalized spacial score (nSPS) is 10.8. The minimum absolute atomic E-state index is 0.238. The lowest BCUT2D eigenvalue weighted by molar-refractivity contribution is 0.0844. The van der Waals surface area contributed by atoms with Crippen LogP contribution in [0.15, 0.2) is 60.2 Å². The van der Waals surface area contributed by atoms with E-state index in [2.05, 4.69) is 57.3 Å². The fraction of sp³-hybridized carbons (Fsp3) is 0.143. The molecule has 31 heavy (non-hydrogen) atoms. The van der Waals surface area contributed by atoms with Gasteiger partial charge in [0.05, 0.1) is 5.69 Å². The van der Waals surface area contributed by atoms with E-state index in [4.69, 9.17) is 0 Å². The molecule has 0 aliphatic heterocycles. The molecule has 0 aliphatic rings. The third-order valence-electron chi connectivity index (χ3n) is 4.59. The van der Waals surface area contributed by atoms with Gasteiger partial charge in [-0.25, -0.2) is 9.67 Å². The number of carbonyl (C=O) groups excluding carboxylic acids is 2. The quantitative estimate of drug-likeness (QED) is 0.468. The molecule has 2 amide bonds. The summed E-state index contributed by atoms with van der Waals surface area (Å²) in [6, 6.07) is 14.7. The summed E-state index contributed by atoms with van der Waals surface area (Å²) in [5, 5.41) is 13.3. The predicted octanol–water partition coefficient (Wildman–Crippen LogP) is 2.98. The minimum Gasteiger partial charge on any atom is -0.267 e. The molecule has 2 aromatic heterocycles. The third kappa shape index (κ3) is 4.64. The monoisotopic (exact) mass is 433 g/mol. The van der Waals surface area contributed by atoms with Crippen LogP contribution in [0.1, 0.15) is 46.2 Å². The highest BCUT2D eigenvalue weighted by atomic mass is 32.1. The highest BCUT2D eigenvalue weighted by Crippen LogP contribution is 2.25. The van der Waals surface area contributed by atoms with Gasteiger partial charge in [0.1, 0.15) is 17.0 Å². The first-order valence-corrected chi connectivity index (χ1v) is 10.4. The highest BCUT2D eigenvalue weighted by molar-refractivity contribution is 7.13. The molecule has 2 aromatic carbocycles. The average molecular weight is 433 g/mol. The largest absolute Gasteiger partial charge is 0.289 e. The SMILES string of the molecule is CC(C)c1ccc(-c2nc(C(=O)NNC(=O)c3ccc(-n4cnnn4)cc3)cs2)cc1. The van der Waals surface area contributed by atoms with Crippen LogP contribution in [0.25, 0.3) is 16.3 Å². The Morgan fingerprint density at radius 2 is 1.68 bits per heavy atom. The van der Waals surface area contributed by atoms with Crippen molar-refractivity contribution in [1.82, 2.24) is 36.0 Å². The fourth-order valence-corrected chi connectivity index (χ4v) is 3.62. The summed E-state index contributed by atoms with van der Waals surface area (Å²) in [7, 11) is 0. The molecule has 9 nitrogen and oxygen atoms in total. The second kappa shape index (κ2) is 8.84. The summed E-state index contributed by atoms with van der Waals surface area (Å²) in [5.41, 5.74) is 8.31. The van der Waals surface area contributed by atoms with E-state index in [0.29, 0.717) is 17.2 Å². The van der Waals surface area contributed by atoms with Gasteiger partial charge < -0.3 is 0 Å². The van der Waals surface area contributed by atoms with Crippen molar-refractivity contribution in [3.05, 3.63) is 77.1 Å². The third-order valence-corrected chi connectivity index (χ3v) is 5.49. The molecule has 10 heteroatoms. The molecule has 2 N–H and O–H groups in total. The second-order valence-electron chi connectivity index (χ2n) is 7.02. The fourth-order valence-electron chi connectivity index (χ4n) is 2.82. The summed E-state index contributed by atoms with van der Waals surface area (Å²) >= 11 is 1.37. The van der Waals surface area contributed by atoms with Gasteiger partial charge in [-0.15, -0.1) is 16.4 Å². The molecule has 0 saturated carbocycles. The Morgan fingerprint density at radius 1 is 0.968 bits per heavy atom. The lowest BCUT2D eigenvalue weighted by Crippen LogP contribution is -2.41. The average Bonchev–Trinajstić information content (AvgIpc) is 3.50. The number of hydrogen-bond acceptors (Lipinski definition) is 7. The molecule has 0 saturated heterocycles. The molecule has 4 rings (SSSR count). The number of nitrogens with one attached hydrogen (secondary N) is 2. The van der Waals surface area contributed by atoms with Crippen LogP contribution >= 0.6 is 11.3 Å². The Morgan fingerprint density at radius 3 is 2.32 bits per heavy atom. The van der Waals surface area contributed by atoms with Crippen molar-refractivity contribution in [2.45, 2.75) is 19.8 Å². The zero-order valence-corrected chi connectivity index (χ0v) is 17.6. The molecule has 0 unspecified atom stereocenters. The van der Waals surface area contributed by atoms with E-state index in [1.54, 1.807) is 29.6 Å². The van der Waals surface area contributed by atoms with Crippen molar-refractivity contribution in [1.29, 1.82) is 0 Å². The zero-order valence-electron chi connectivity index (χ0n) is 16.8. The van der Waals surface area contributed by atoms with Crippen molar-refractivity contribution in [3.63, 3.8) is 0 Å². The number of aromatic nitrogens is 5. The maximum Gasteiger partial charge on any atom is 0.289 e. The Hall–Kier alpha value is -3.92. The maximum atomic E-state index is 12.4. The van der Waals surface area contributed by atoms with Crippen LogP contribution in [0, 0.1) is 0 Å². The molecule has 0 aliphatic carbocycles. The van der Waals surface area contributed by atoms with Gasteiger partial charge in [-0.1, -0.05) is 38.1 Å². The molecule has 0 atom stereocenters. The standard InChI is InChI=1S/C21H19N7O2S/c1-13(2)14-3-5-16(6-4-14)21-23-18(11-31-21)20(30)25-24-19(29)15-7-9-17(10-8-15)28-12-22-26-27-28/h3-13H,1-2H3,(H,24,29)(H,25,30). The van der Waals surface area contributed by atoms with Crippen LogP contribution in [0.4, 0.5) is 0 Å². The lowest BCUT2D eigenvalue weighted by Gasteiger charge is -2.07. The Bertz CT molecular complexity index is 1180. The Balaban J connectivity index is 1.36. The Labute approximate surface area is 182 Å². The molecular weight excluding hydrogens is 414 g/mol. The number of nitrogens with zero attached hydrogens (tertiary/aromatic N) is 5. The van der Waals surface area contributed by atoms with Crippen LogP contribution < -0.4 is 10.9 Å². The van der Waals surface area contributed by atoms with Gasteiger partial charge >= 0.3 is 0 Å². The van der Waals surface area contributed by atoms with Gasteiger partial charge in [-0.05, 0) is 46.2 Å². The van der Waals surface area contributed by atoms with E-state index in [1.807, 2.05) is 12.1 Å². The first-order valence-electron chi connectivity index (χ1n) is 9.51. The molecule has 0 radical (unpaired) electrons. The number of rotatable bonds is 5. The van der Waals surface area contributed by atoms with Gasteiger partial charge in [0, 0.05) is 16.5 Å². The number of thiazole rings is 1. The summed E-state index contributed by atoms with van der Waals surface area (Å²) in [6.45, 7) is 4.27. The number of benzene rings is 2. The minimum atomic E-state index is -0.486. The Kier molecular flexibility index (Phi) is 5.80. The van der Waals surface area contributed by atoms with E-state index < -0.39 is 11.8 Å². The molecule has 4 aromatic rings. The maximum absolute atomic E-state index is 12.4. The number of hydrazine groups is 1. The molecule has 0 spiro atoms. The van der Waals surface area contributed by atoms with Gasteiger partial charge in [-0.3, -0.25) is 20.4 Å². The van der Waals surface area contributed by atoms with Crippen LogP contribution in [0.5, 0.6) is 0 Å². The number of carbonyl (C=O) groups is 2. The molecule has 156 valence electrons. The van der Waals surface area contributed by atoms with E-state index in [9.17, 15) is 9.59 Å². The first kappa shape index (κ1) is 20.4. The van der Waals surface area contributed by atoms with Gasteiger partial charge in [-0.2, -0.15) is 0 Å². The molecular formula is C21H19N7O2S. The molecule has 0 bridgehead atoms. The number of tetrazole rings is 1. The van der Waals surface area contributed by atoms with E-state index >= 15 is 0 Å². The van der Waals surface area contributed by atoms with Crippen LogP contribution in [0.2, 0.25) is 0 Å². The summed E-state index contributed by atoms with van der Waals surface area (Å²) < 4.78 is 1.47. The first-order chi connectivity index (χ1) is 15.0. The van der Waals surface area contributed by atoms with Gasteiger partial charge in [0.25, 0.3) is 11.8 Å². The van der Waals surface area contributed by atoms with Crippen molar-refractivity contribution < 1.29 is 9.59 Å². The molecule has 2 heterocycles. The van der Waals surface area contributed by atoms with Crippen molar-refractivity contribution in [2.24, 2.45) is 0 Å². The van der Waals surface area contributed by atoms with Gasteiger partial charge in [0.2, 0.25) is 0 Å². The highest BCUT2D eigenvalue weighted by Gasteiger charge is 2.14. The smallest absolute Gasteiger partial charge is 0.267 e. The van der Waals surface area contributed by atoms with Crippen molar-refractivity contribution in [2.75, 3.05) is 0 Å². The van der Waals surface area contributed by atoms with E-state index in [1.165, 1.54) is 27.9 Å². The summed E-state index contributed by atoms with van der Waals surface area (Å²) in [4.78, 5) is 29.1. The van der Waals surface area contributed by atoms with Crippen molar-refractivity contribution in [3.8, 4) is 16.3 Å². The zero-order chi connectivity index (χ0) is 21.8. The van der Waals surface area contributed by atoms with Crippen LogP contribution in [0.3, 0.4) is 0 Å². The van der Waals surface area contributed by atoms with E-state index in [0.717, 1.165) is 10.6 Å². The van der Waals surface area contributed by atoms with E-state index in [-0.39, 0.29) is 5.69 Å². The summed E-state index contributed by atoms with van der Waals surface area (Å²) in [5.74, 6) is -0.484. The number of hydrogen-bond donors (Lipinski definition) is 2. The van der Waals surface area contributed by atoms with Crippen molar-refractivity contribution >= 4 is 23.2 Å². The summed E-state index contributed by atoms with van der Waals surface area (Å²) in [6.07, 6.45) is 1.45. The second-order valence-corrected chi connectivity index (χ2v) is 7.88.